The minimum Gasteiger partial charge on any atom is -0.466 e. The number of carbonyl (C=O) groups excluding carboxylic acids is 3. The van der Waals surface area contributed by atoms with Gasteiger partial charge in [-0.15, -0.1) is 0 Å². The lowest BCUT2D eigenvalue weighted by atomic mass is 10.1. The van der Waals surface area contributed by atoms with Crippen LogP contribution in [0.3, 0.4) is 0 Å². The van der Waals surface area contributed by atoms with Gasteiger partial charge in [-0.2, -0.15) is 0 Å². The number of piperazine rings is 1. The SMILES string of the molecule is CCOC(=O)Cc1ccc(N2CC(=O)NCC2=O)cc1. The summed E-state index contributed by atoms with van der Waals surface area (Å²) in [5, 5.41) is 2.49. The smallest absolute Gasteiger partial charge is 0.310 e. The largest absolute Gasteiger partial charge is 0.466 e. The van der Waals surface area contributed by atoms with Crippen molar-refractivity contribution in [3.05, 3.63) is 29.8 Å². The highest BCUT2D eigenvalue weighted by Gasteiger charge is 2.24. The summed E-state index contributed by atoms with van der Waals surface area (Å²) in [7, 11) is 0. The first-order chi connectivity index (χ1) is 9.60. The standard InChI is InChI=1S/C14H16N2O4/c1-2-20-14(19)7-10-3-5-11(6-4-10)16-9-12(17)15-8-13(16)18/h3-6H,2,7-9H2,1H3,(H,15,17). The van der Waals surface area contributed by atoms with E-state index >= 15 is 0 Å². The van der Waals surface area contributed by atoms with Crippen molar-refractivity contribution in [2.45, 2.75) is 13.3 Å². The normalized spacial score (nSPS) is 14.9. The number of nitrogens with zero attached hydrogens (tertiary/aromatic N) is 1. The average Bonchev–Trinajstić information content (AvgIpc) is 2.43. The number of rotatable bonds is 4. The highest BCUT2D eigenvalue weighted by Crippen LogP contribution is 2.17. The van der Waals surface area contributed by atoms with Gasteiger partial charge in [0, 0.05) is 5.69 Å². The van der Waals surface area contributed by atoms with Gasteiger partial charge in [-0.25, -0.2) is 0 Å². The van der Waals surface area contributed by atoms with Crippen LogP contribution in [0.2, 0.25) is 0 Å². The predicted molar refractivity (Wildman–Crippen MR) is 72.1 cm³/mol. The van der Waals surface area contributed by atoms with Crippen LogP contribution in [0.4, 0.5) is 5.69 Å². The molecule has 20 heavy (non-hydrogen) atoms. The molecule has 0 bridgehead atoms. The zero-order valence-electron chi connectivity index (χ0n) is 11.2. The monoisotopic (exact) mass is 276 g/mol. The number of nitrogens with one attached hydrogen (secondary N) is 1. The molecule has 1 aliphatic rings. The lowest BCUT2D eigenvalue weighted by molar-refractivity contribution is -0.142. The number of anilines is 1. The van der Waals surface area contributed by atoms with E-state index in [4.69, 9.17) is 4.74 Å². The Morgan fingerprint density at radius 1 is 1.30 bits per heavy atom. The minimum atomic E-state index is -0.284. The molecule has 6 nitrogen and oxygen atoms in total. The van der Waals surface area contributed by atoms with Gasteiger partial charge >= 0.3 is 5.97 Å². The molecule has 0 radical (unpaired) electrons. The summed E-state index contributed by atoms with van der Waals surface area (Å²) in [6.07, 6.45) is 0.197. The Hall–Kier alpha value is -2.37. The van der Waals surface area contributed by atoms with Crippen LogP contribution in [-0.2, 0) is 25.5 Å². The molecule has 1 aliphatic heterocycles. The third-order valence-corrected chi connectivity index (χ3v) is 2.94. The maximum atomic E-state index is 11.7. The number of esters is 1. The van der Waals surface area contributed by atoms with E-state index in [-0.39, 0.29) is 37.3 Å². The third-order valence-electron chi connectivity index (χ3n) is 2.94. The van der Waals surface area contributed by atoms with Crippen LogP contribution in [0.5, 0.6) is 0 Å². The molecule has 1 aromatic carbocycles. The Morgan fingerprint density at radius 2 is 2.00 bits per heavy atom. The van der Waals surface area contributed by atoms with E-state index in [1.165, 1.54) is 4.90 Å². The molecule has 1 N–H and O–H groups in total. The van der Waals surface area contributed by atoms with Gasteiger partial charge in [0.05, 0.1) is 19.6 Å². The van der Waals surface area contributed by atoms with Crippen LogP contribution in [0.15, 0.2) is 24.3 Å². The van der Waals surface area contributed by atoms with Crippen LogP contribution in [0.25, 0.3) is 0 Å². The van der Waals surface area contributed by atoms with Crippen LogP contribution in [-0.4, -0.2) is 37.5 Å². The molecule has 0 spiro atoms. The van der Waals surface area contributed by atoms with Crippen molar-refractivity contribution >= 4 is 23.5 Å². The minimum absolute atomic E-state index is 0.0173. The van der Waals surface area contributed by atoms with Gasteiger partial charge in [-0.1, -0.05) is 12.1 Å². The summed E-state index contributed by atoms with van der Waals surface area (Å²) < 4.78 is 4.87. The molecule has 1 saturated heterocycles. The van der Waals surface area contributed by atoms with Gasteiger partial charge in [0.15, 0.2) is 0 Å². The van der Waals surface area contributed by atoms with Crippen LogP contribution in [0, 0.1) is 0 Å². The van der Waals surface area contributed by atoms with E-state index in [0.29, 0.717) is 12.3 Å². The predicted octanol–water partition coefficient (Wildman–Crippen LogP) is 0.255. The van der Waals surface area contributed by atoms with Crippen LogP contribution < -0.4 is 10.2 Å². The molecule has 2 amide bonds. The van der Waals surface area contributed by atoms with Crippen molar-refractivity contribution < 1.29 is 19.1 Å². The fraction of sp³-hybridized carbons (Fsp3) is 0.357. The summed E-state index contributed by atoms with van der Waals surface area (Å²) in [5.74, 6) is -0.614. The third kappa shape index (κ3) is 3.34. The zero-order valence-corrected chi connectivity index (χ0v) is 11.2. The Balaban J connectivity index is 2.05. The van der Waals surface area contributed by atoms with Gasteiger partial charge in [0.2, 0.25) is 11.8 Å². The van der Waals surface area contributed by atoms with Gasteiger partial charge in [-0.05, 0) is 24.6 Å². The molecule has 1 heterocycles. The van der Waals surface area contributed by atoms with Crippen LogP contribution >= 0.6 is 0 Å². The molecule has 0 saturated carbocycles. The van der Waals surface area contributed by atoms with E-state index in [2.05, 4.69) is 5.32 Å². The van der Waals surface area contributed by atoms with E-state index in [1.807, 2.05) is 0 Å². The van der Waals surface area contributed by atoms with Crippen molar-refractivity contribution in [2.75, 3.05) is 24.6 Å². The molecule has 1 aromatic rings. The van der Waals surface area contributed by atoms with Gasteiger partial charge < -0.3 is 15.0 Å². The molecule has 0 aliphatic carbocycles. The number of amides is 2. The summed E-state index contributed by atoms with van der Waals surface area (Å²) in [5.41, 5.74) is 1.46. The van der Waals surface area contributed by atoms with Gasteiger partial charge in [0.25, 0.3) is 0 Å². The van der Waals surface area contributed by atoms with Crippen molar-refractivity contribution in [2.24, 2.45) is 0 Å². The molecule has 6 heteroatoms. The van der Waals surface area contributed by atoms with E-state index in [9.17, 15) is 14.4 Å². The summed E-state index contributed by atoms with van der Waals surface area (Å²) in [6.45, 7) is 2.15. The van der Waals surface area contributed by atoms with E-state index in [0.717, 1.165) is 5.56 Å². The second kappa shape index (κ2) is 6.18. The number of benzene rings is 1. The van der Waals surface area contributed by atoms with E-state index in [1.54, 1.807) is 31.2 Å². The summed E-state index contributed by atoms with van der Waals surface area (Å²) in [6, 6.07) is 6.97. The lowest BCUT2D eigenvalue weighted by Crippen LogP contribution is -2.51. The molecule has 0 aromatic heterocycles. The second-order valence-electron chi connectivity index (χ2n) is 4.40. The fourth-order valence-corrected chi connectivity index (χ4v) is 1.97. The first kappa shape index (κ1) is 14.0. The Morgan fingerprint density at radius 3 is 2.65 bits per heavy atom. The maximum absolute atomic E-state index is 11.7. The van der Waals surface area contributed by atoms with Crippen LogP contribution in [0.1, 0.15) is 12.5 Å². The van der Waals surface area contributed by atoms with Crippen molar-refractivity contribution in [3.8, 4) is 0 Å². The first-order valence-corrected chi connectivity index (χ1v) is 6.41. The average molecular weight is 276 g/mol. The molecule has 1 fully saturated rings. The van der Waals surface area contributed by atoms with Crippen molar-refractivity contribution in [3.63, 3.8) is 0 Å². The Bertz CT molecular complexity index is 524. The first-order valence-electron chi connectivity index (χ1n) is 6.41. The highest BCUT2D eigenvalue weighted by molar-refractivity contribution is 6.04. The second-order valence-corrected chi connectivity index (χ2v) is 4.40. The number of ether oxygens (including phenoxy) is 1. The molecular weight excluding hydrogens is 260 g/mol. The van der Waals surface area contributed by atoms with Crippen molar-refractivity contribution in [1.29, 1.82) is 0 Å². The van der Waals surface area contributed by atoms with Gasteiger partial charge in [-0.3, -0.25) is 14.4 Å². The number of carbonyl (C=O) groups is 3. The molecular formula is C14H16N2O4. The van der Waals surface area contributed by atoms with Gasteiger partial charge in [0.1, 0.15) is 6.54 Å². The van der Waals surface area contributed by atoms with E-state index < -0.39 is 0 Å². The lowest BCUT2D eigenvalue weighted by Gasteiger charge is -2.26. The number of hydrogen-bond donors (Lipinski definition) is 1. The molecule has 0 unspecified atom stereocenters. The Kier molecular flexibility index (Phi) is 4.34. The number of hydrogen-bond acceptors (Lipinski definition) is 4. The molecule has 0 atom stereocenters. The Labute approximate surface area is 116 Å². The zero-order chi connectivity index (χ0) is 14.5. The highest BCUT2D eigenvalue weighted by atomic mass is 16.5. The van der Waals surface area contributed by atoms with Crippen molar-refractivity contribution in [1.82, 2.24) is 5.32 Å². The molecule has 2 rings (SSSR count). The summed E-state index contributed by atoms with van der Waals surface area (Å²) >= 11 is 0. The summed E-state index contributed by atoms with van der Waals surface area (Å²) in [4.78, 5) is 35.8. The molecule has 106 valence electrons. The topological polar surface area (TPSA) is 75.7 Å². The quantitative estimate of drug-likeness (QED) is 0.800. The maximum Gasteiger partial charge on any atom is 0.310 e. The fourth-order valence-electron chi connectivity index (χ4n) is 1.97.